The van der Waals surface area contributed by atoms with Crippen molar-refractivity contribution in [3.8, 4) is 0 Å². The zero-order valence-electron chi connectivity index (χ0n) is 11.3. The van der Waals surface area contributed by atoms with Crippen molar-refractivity contribution in [2.45, 2.75) is 51.4 Å². The lowest BCUT2D eigenvalue weighted by atomic mass is 10.1. The van der Waals surface area contributed by atoms with E-state index in [9.17, 15) is 9.59 Å². The van der Waals surface area contributed by atoms with Crippen LogP contribution in [0.5, 0.6) is 0 Å². The molecule has 1 unspecified atom stereocenters. The topological polar surface area (TPSA) is 76.1 Å². The molecule has 1 heterocycles. The Morgan fingerprint density at radius 3 is 2.44 bits per heavy atom. The van der Waals surface area contributed by atoms with Gasteiger partial charge in [-0.2, -0.15) is 0 Å². The molecule has 0 aliphatic carbocycles. The largest absolute Gasteiger partial charge is 0.479 e. The SMILES string of the molecule is COC(C(=O)O)[C@H]1CCCN1C(=O)OC(C)(C)C. The number of aliphatic carboxylic acids is 1. The fourth-order valence-corrected chi connectivity index (χ4v) is 2.08. The summed E-state index contributed by atoms with van der Waals surface area (Å²) >= 11 is 0. The van der Waals surface area contributed by atoms with Crippen LogP contribution in [-0.2, 0) is 14.3 Å². The molecule has 0 aromatic rings. The zero-order chi connectivity index (χ0) is 13.9. The van der Waals surface area contributed by atoms with Crippen LogP contribution in [0.15, 0.2) is 0 Å². The third-order valence-corrected chi connectivity index (χ3v) is 2.77. The Hall–Kier alpha value is -1.30. The Morgan fingerprint density at radius 1 is 1.39 bits per heavy atom. The fraction of sp³-hybridized carbons (Fsp3) is 0.833. The van der Waals surface area contributed by atoms with E-state index in [2.05, 4.69) is 0 Å². The van der Waals surface area contributed by atoms with E-state index in [1.165, 1.54) is 12.0 Å². The molecular weight excluding hydrogens is 238 g/mol. The monoisotopic (exact) mass is 259 g/mol. The van der Waals surface area contributed by atoms with Crippen LogP contribution in [0.25, 0.3) is 0 Å². The van der Waals surface area contributed by atoms with Crippen LogP contribution < -0.4 is 0 Å². The standard InChI is InChI=1S/C12H21NO5/c1-12(2,3)18-11(16)13-7-5-6-8(13)9(17-4)10(14)15/h8-9H,5-7H2,1-4H3,(H,14,15)/t8-,9?/m1/s1. The van der Waals surface area contributed by atoms with Gasteiger partial charge in [-0.05, 0) is 33.6 Å². The van der Waals surface area contributed by atoms with Crippen molar-refractivity contribution in [2.75, 3.05) is 13.7 Å². The zero-order valence-corrected chi connectivity index (χ0v) is 11.3. The summed E-state index contributed by atoms with van der Waals surface area (Å²) in [6.07, 6.45) is -0.102. The summed E-state index contributed by atoms with van der Waals surface area (Å²) in [4.78, 5) is 24.5. The molecule has 18 heavy (non-hydrogen) atoms. The van der Waals surface area contributed by atoms with Gasteiger partial charge in [-0.25, -0.2) is 9.59 Å². The summed E-state index contributed by atoms with van der Waals surface area (Å²) in [5, 5.41) is 9.06. The van der Waals surface area contributed by atoms with Gasteiger partial charge >= 0.3 is 12.1 Å². The van der Waals surface area contributed by atoms with Gasteiger partial charge < -0.3 is 19.5 Å². The lowest BCUT2D eigenvalue weighted by Gasteiger charge is -2.30. The van der Waals surface area contributed by atoms with Crippen LogP contribution in [0, 0.1) is 0 Å². The molecule has 1 amide bonds. The molecule has 1 fully saturated rings. The fourth-order valence-electron chi connectivity index (χ4n) is 2.08. The molecular formula is C12H21NO5. The molecule has 0 aromatic heterocycles. The molecule has 1 N–H and O–H groups in total. The third kappa shape index (κ3) is 3.60. The highest BCUT2D eigenvalue weighted by Crippen LogP contribution is 2.24. The van der Waals surface area contributed by atoms with Crippen molar-refractivity contribution >= 4 is 12.1 Å². The summed E-state index contributed by atoms with van der Waals surface area (Å²) in [6.45, 7) is 5.84. The summed E-state index contributed by atoms with van der Waals surface area (Å²) in [5.41, 5.74) is -0.587. The third-order valence-electron chi connectivity index (χ3n) is 2.77. The Balaban J connectivity index is 2.75. The number of hydrogen-bond donors (Lipinski definition) is 1. The minimum atomic E-state index is -1.06. The first-order chi connectivity index (χ1) is 8.26. The maximum Gasteiger partial charge on any atom is 0.410 e. The van der Waals surface area contributed by atoms with Crippen LogP contribution in [0.4, 0.5) is 4.79 Å². The first kappa shape index (κ1) is 14.8. The van der Waals surface area contributed by atoms with Gasteiger partial charge in [0.1, 0.15) is 5.60 Å². The molecule has 0 saturated carbocycles. The minimum absolute atomic E-state index is 0.456. The van der Waals surface area contributed by atoms with Crippen LogP contribution >= 0.6 is 0 Å². The number of carboxylic acids is 1. The second-order valence-corrected chi connectivity index (χ2v) is 5.38. The van der Waals surface area contributed by atoms with E-state index in [4.69, 9.17) is 14.6 Å². The van der Waals surface area contributed by atoms with Crippen molar-refractivity contribution in [1.29, 1.82) is 0 Å². The van der Waals surface area contributed by atoms with E-state index < -0.39 is 29.8 Å². The second-order valence-electron chi connectivity index (χ2n) is 5.38. The Morgan fingerprint density at radius 2 is 2.00 bits per heavy atom. The van der Waals surface area contributed by atoms with Gasteiger partial charge in [-0.3, -0.25) is 0 Å². The predicted octanol–water partition coefficient (Wildman–Crippen LogP) is 1.49. The summed E-state index contributed by atoms with van der Waals surface area (Å²) in [5.74, 6) is -1.06. The second kappa shape index (κ2) is 5.56. The number of amides is 1. The number of carbonyl (C=O) groups is 2. The van der Waals surface area contributed by atoms with Gasteiger partial charge in [-0.15, -0.1) is 0 Å². The van der Waals surface area contributed by atoms with E-state index in [0.29, 0.717) is 13.0 Å². The van der Waals surface area contributed by atoms with Crippen LogP contribution in [0.1, 0.15) is 33.6 Å². The maximum absolute atomic E-state index is 12.0. The average molecular weight is 259 g/mol. The van der Waals surface area contributed by atoms with Gasteiger partial charge in [-0.1, -0.05) is 0 Å². The molecule has 6 heteroatoms. The predicted molar refractivity (Wildman–Crippen MR) is 64.4 cm³/mol. The molecule has 0 radical (unpaired) electrons. The molecule has 104 valence electrons. The van der Waals surface area contributed by atoms with Crippen LogP contribution in [-0.4, -0.2) is 53.5 Å². The highest BCUT2D eigenvalue weighted by molar-refractivity contribution is 5.76. The van der Waals surface area contributed by atoms with E-state index >= 15 is 0 Å². The van der Waals surface area contributed by atoms with Gasteiger partial charge in [0.25, 0.3) is 0 Å². The Bertz CT molecular complexity index is 323. The number of rotatable bonds is 3. The molecule has 0 bridgehead atoms. The molecule has 1 aliphatic heterocycles. The maximum atomic E-state index is 12.0. The Labute approximate surface area is 107 Å². The van der Waals surface area contributed by atoms with Crippen molar-refractivity contribution in [3.05, 3.63) is 0 Å². The first-order valence-electron chi connectivity index (χ1n) is 6.01. The van der Waals surface area contributed by atoms with Gasteiger partial charge in [0, 0.05) is 13.7 Å². The van der Waals surface area contributed by atoms with E-state index in [-0.39, 0.29) is 0 Å². The molecule has 1 aliphatic rings. The van der Waals surface area contributed by atoms with Crippen molar-refractivity contribution < 1.29 is 24.2 Å². The summed E-state index contributed by atoms with van der Waals surface area (Å²) < 4.78 is 10.2. The van der Waals surface area contributed by atoms with Crippen molar-refractivity contribution in [1.82, 2.24) is 4.90 Å². The number of hydrogen-bond acceptors (Lipinski definition) is 4. The number of carboxylic acid groups (broad SMARTS) is 1. The summed E-state index contributed by atoms with van der Waals surface area (Å²) in [6, 6.07) is -0.456. The lowest BCUT2D eigenvalue weighted by Crippen LogP contribution is -2.48. The minimum Gasteiger partial charge on any atom is -0.479 e. The molecule has 6 nitrogen and oxygen atoms in total. The van der Waals surface area contributed by atoms with E-state index in [1.807, 2.05) is 0 Å². The average Bonchev–Trinajstić information content (AvgIpc) is 2.64. The van der Waals surface area contributed by atoms with Crippen LogP contribution in [0.2, 0.25) is 0 Å². The number of nitrogens with zero attached hydrogens (tertiary/aromatic N) is 1. The molecule has 2 atom stereocenters. The van der Waals surface area contributed by atoms with Gasteiger partial charge in [0.15, 0.2) is 6.10 Å². The highest BCUT2D eigenvalue weighted by Gasteiger charge is 2.40. The van der Waals surface area contributed by atoms with Gasteiger partial charge in [0.05, 0.1) is 6.04 Å². The number of methoxy groups -OCH3 is 1. The number of carbonyl (C=O) groups excluding carboxylic acids is 1. The van der Waals surface area contributed by atoms with Gasteiger partial charge in [0.2, 0.25) is 0 Å². The number of likely N-dealkylation sites (tertiary alicyclic amines) is 1. The lowest BCUT2D eigenvalue weighted by molar-refractivity contribution is -0.151. The van der Waals surface area contributed by atoms with Crippen molar-refractivity contribution in [3.63, 3.8) is 0 Å². The Kier molecular flexibility index (Phi) is 4.56. The normalized spacial score (nSPS) is 21.8. The highest BCUT2D eigenvalue weighted by atomic mass is 16.6. The smallest absolute Gasteiger partial charge is 0.410 e. The van der Waals surface area contributed by atoms with Crippen LogP contribution in [0.3, 0.4) is 0 Å². The first-order valence-corrected chi connectivity index (χ1v) is 6.01. The molecule has 1 rings (SSSR count). The molecule has 1 saturated heterocycles. The van der Waals surface area contributed by atoms with Crippen molar-refractivity contribution in [2.24, 2.45) is 0 Å². The summed E-state index contributed by atoms with van der Waals surface area (Å²) in [7, 11) is 1.34. The van der Waals surface area contributed by atoms with E-state index in [0.717, 1.165) is 6.42 Å². The quantitative estimate of drug-likeness (QED) is 0.831. The van der Waals surface area contributed by atoms with E-state index in [1.54, 1.807) is 20.8 Å². The molecule has 0 aromatic carbocycles. The number of ether oxygens (including phenoxy) is 2. The molecule has 0 spiro atoms.